The number of nitrogens with one attached hydrogen (secondary N) is 1. The molecule has 0 saturated heterocycles. The zero-order valence-electron chi connectivity index (χ0n) is 13.2. The van der Waals surface area contributed by atoms with Crippen LogP contribution in [0.25, 0.3) is 11.5 Å². The molecule has 0 spiro atoms. The highest BCUT2D eigenvalue weighted by molar-refractivity contribution is 5.67. The molecule has 0 fully saturated rings. The molecule has 0 bridgehead atoms. The summed E-state index contributed by atoms with van der Waals surface area (Å²) in [6.07, 6.45) is 0. The van der Waals surface area contributed by atoms with Gasteiger partial charge in [-0.25, -0.2) is 4.39 Å². The van der Waals surface area contributed by atoms with E-state index in [4.69, 9.17) is 13.9 Å². The molecule has 3 rings (SSSR count). The standard InChI is InChI=1S/C17H16FN3O3/c1-22-14-9-5-7-12(15(14)23-2)16-20-21-17(24-16)19-10-11-6-3-4-8-13(11)18/h3-9H,10H2,1-2H3,(H,19,21). The van der Waals surface area contributed by atoms with Crippen LogP contribution in [0.4, 0.5) is 10.4 Å². The zero-order valence-corrected chi connectivity index (χ0v) is 13.2. The van der Waals surface area contributed by atoms with Crippen LogP contribution in [0.3, 0.4) is 0 Å². The molecule has 1 heterocycles. The second kappa shape index (κ2) is 6.99. The summed E-state index contributed by atoms with van der Waals surface area (Å²) >= 11 is 0. The summed E-state index contributed by atoms with van der Waals surface area (Å²) in [5, 5.41) is 10.8. The number of rotatable bonds is 6. The molecule has 124 valence electrons. The van der Waals surface area contributed by atoms with Gasteiger partial charge in [0, 0.05) is 12.1 Å². The Hall–Kier alpha value is -3.09. The summed E-state index contributed by atoms with van der Waals surface area (Å²) in [4.78, 5) is 0. The molecular weight excluding hydrogens is 313 g/mol. The minimum Gasteiger partial charge on any atom is -0.493 e. The third-order valence-corrected chi connectivity index (χ3v) is 3.45. The van der Waals surface area contributed by atoms with E-state index in [9.17, 15) is 4.39 Å². The quantitative estimate of drug-likeness (QED) is 0.746. The fraction of sp³-hybridized carbons (Fsp3) is 0.176. The van der Waals surface area contributed by atoms with E-state index >= 15 is 0 Å². The third kappa shape index (κ3) is 3.15. The number of ether oxygens (including phenoxy) is 2. The molecule has 2 aromatic carbocycles. The van der Waals surface area contributed by atoms with Gasteiger partial charge >= 0.3 is 6.01 Å². The number of para-hydroxylation sites is 1. The molecule has 1 N–H and O–H groups in total. The predicted molar refractivity (Wildman–Crippen MR) is 86.6 cm³/mol. The number of nitrogens with zero attached hydrogens (tertiary/aromatic N) is 2. The van der Waals surface area contributed by atoms with Gasteiger partial charge in [-0.15, -0.1) is 5.10 Å². The van der Waals surface area contributed by atoms with Crippen molar-refractivity contribution in [2.24, 2.45) is 0 Å². The van der Waals surface area contributed by atoms with Crippen LogP contribution in [-0.4, -0.2) is 24.4 Å². The van der Waals surface area contributed by atoms with E-state index < -0.39 is 0 Å². The van der Waals surface area contributed by atoms with Gasteiger partial charge in [-0.3, -0.25) is 0 Å². The summed E-state index contributed by atoms with van der Waals surface area (Å²) in [6, 6.07) is 12.0. The van der Waals surface area contributed by atoms with Gasteiger partial charge in [0.1, 0.15) is 5.82 Å². The van der Waals surface area contributed by atoms with E-state index in [1.807, 2.05) is 0 Å². The minimum absolute atomic E-state index is 0.193. The van der Waals surface area contributed by atoms with Crippen LogP contribution in [0.15, 0.2) is 46.9 Å². The van der Waals surface area contributed by atoms with E-state index in [0.717, 1.165) is 0 Å². The second-order valence-corrected chi connectivity index (χ2v) is 4.90. The Bertz CT molecular complexity index is 835. The molecule has 0 aliphatic heterocycles. The lowest BCUT2D eigenvalue weighted by atomic mass is 10.2. The van der Waals surface area contributed by atoms with Crippen LogP contribution in [0.2, 0.25) is 0 Å². The maximum absolute atomic E-state index is 13.6. The van der Waals surface area contributed by atoms with Crippen molar-refractivity contribution in [2.75, 3.05) is 19.5 Å². The zero-order chi connectivity index (χ0) is 16.9. The first kappa shape index (κ1) is 15.8. The molecule has 0 atom stereocenters. The summed E-state index contributed by atoms with van der Waals surface area (Å²) in [5.74, 6) is 1.05. The van der Waals surface area contributed by atoms with Crippen molar-refractivity contribution in [2.45, 2.75) is 6.54 Å². The molecule has 0 aliphatic carbocycles. The second-order valence-electron chi connectivity index (χ2n) is 4.90. The highest BCUT2D eigenvalue weighted by Crippen LogP contribution is 2.37. The first-order chi connectivity index (χ1) is 11.7. The Morgan fingerprint density at radius 1 is 1.04 bits per heavy atom. The molecule has 0 amide bonds. The average molecular weight is 329 g/mol. The fourth-order valence-electron chi connectivity index (χ4n) is 2.27. The smallest absolute Gasteiger partial charge is 0.316 e. The number of benzene rings is 2. The van der Waals surface area contributed by atoms with Crippen molar-refractivity contribution in [1.29, 1.82) is 0 Å². The largest absolute Gasteiger partial charge is 0.493 e. The van der Waals surface area contributed by atoms with E-state index in [1.165, 1.54) is 13.2 Å². The van der Waals surface area contributed by atoms with Gasteiger partial charge < -0.3 is 19.2 Å². The summed E-state index contributed by atoms with van der Waals surface area (Å²) < 4.78 is 29.8. The Kier molecular flexibility index (Phi) is 4.60. The summed E-state index contributed by atoms with van der Waals surface area (Å²) in [7, 11) is 3.09. The number of halogens is 1. The fourth-order valence-corrected chi connectivity index (χ4v) is 2.27. The molecule has 0 aliphatic rings. The summed E-state index contributed by atoms with van der Waals surface area (Å²) in [6.45, 7) is 0.240. The van der Waals surface area contributed by atoms with Crippen molar-refractivity contribution >= 4 is 6.01 Å². The van der Waals surface area contributed by atoms with E-state index in [-0.39, 0.29) is 24.3 Å². The van der Waals surface area contributed by atoms with Crippen LogP contribution < -0.4 is 14.8 Å². The van der Waals surface area contributed by atoms with Crippen LogP contribution in [0.1, 0.15) is 5.56 Å². The van der Waals surface area contributed by atoms with E-state index in [1.54, 1.807) is 43.5 Å². The lowest BCUT2D eigenvalue weighted by Gasteiger charge is -2.09. The number of aromatic nitrogens is 2. The van der Waals surface area contributed by atoms with Crippen LogP contribution in [0, 0.1) is 5.82 Å². The highest BCUT2D eigenvalue weighted by Gasteiger charge is 2.17. The third-order valence-electron chi connectivity index (χ3n) is 3.45. The molecule has 6 nitrogen and oxygen atoms in total. The van der Waals surface area contributed by atoms with Crippen LogP contribution >= 0.6 is 0 Å². The molecule has 24 heavy (non-hydrogen) atoms. The van der Waals surface area contributed by atoms with Gasteiger partial charge in [0.15, 0.2) is 11.5 Å². The topological polar surface area (TPSA) is 69.4 Å². The lowest BCUT2D eigenvalue weighted by Crippen LogP contribution is -2.01. The molecular formula is C17H16FN3O3. The molecule has 0 radical (unpaired) electrons. The molecule has 1 aromatic heterocycles. The van der Waals surface area contributed by atoms with Crippen LogP contribution in [0.5, 0.6) is 11.5 Å². The monoisotopic (exact) mass is 329 g/mol. The Balaban J connectivity index is 1.80. The number of hydrogen-bond donors (Lipinski definition) is 1. The molecule has 3 aromatic rings. The Morgan fingerprint density at radius 2 is 1.88 bits per heavy atom. The molecule has 7 heteroatoms. The van der Waals surface area contributed by atoms with Gasteiger partial charge in [0.25, 0.3) is 5.89 Å². The SMILES string of the molecule is COc1cccc(-c2nnc(NCc3ccccc3F)o2)c1OC. The van der Waals surface area contributed by atoms with E-state index in [2.05, 4.69) is 15.5 Å². The normalized spacial score (nSPS) is 10.5. The Labute approximate surface area is 138 Å². The highest BCUT2D eigenvalue weighted by atomic mass is 19.1. The lowest BCUT2D eigenvalue weighted by molar-refractivity contribution is 0.355. The molecule has 0 unspecified atom stereocenters. The first-order valence-corrected chi connectivity index (χ1v) is 7.25. The van der Waals surface area contributed by atoms with Crippen molar-refractivity contribution in [1.82, 2.24) is 10.2 Å². The van der Waals surface area contributed by atoms with Gasteiger partial charge in [0.2, 0.25) is 0 Å². The van der Waals surface area contributed by atoms with Crippen molar-refractivity contribution in [3.63, 3.8) is 0 Å². The van der Waals surface area contributed by atoms with Crippen molar-refractivity contribution in [3.8, 4) is 23.0 Å². The number of methoxy groups -OCH3 is 2. The maximum Gasteiger partial charge on any atom is 0.316 e. The van der Waals surface area contributed by atoms with Gasteiger partial charge in [-0.05, 0) is 18.2 Å². The van der Waals surface area contributed by atoms with Crippen molar-refractivity contribution in [3.05, 3.63) is 53.8 Å². The Morgan fingerprint density at radius 3 is 2.62 bits per heavy atom. The van der Waals surface area contributed by atoms with Gasteiger partial charge in [0.05, 0.1) is 19.8 Å². The maximum atomic E-state index is 13.6. The molecule has 0 saturated carbocycles. The average Bonchev–Trinajstić information content (AvgIpc) is 3.09. The predicted octanol–water partition coefficient (Wildman–Crippen LogP) is 3.51. The minimum atomic E-state index is -0.292. The van der Waals surface area contributed by atoms with E-state index in [0.29, 0.717) is 22.6 Å². The summed E-state index contributed by atoms with van der Waals surface area (Å²) in [5.41, 5.74) is 1.12. The van der Waals surface area contributed by atoms with Crippen LogP contribution in [-0.2, 0) is 6.54 Å². The van der Waals surface area contributed by atoms with Crippen molar-refractivity contribution < 1.29 is 18.3 Å². The van der Waals surface area contributed by atoms with Gasteiger partial charge in [-0.2, -0.15) is 0 Å². The first-order valence-electron chi connectivity index (χ1n) is 7.25. The number of anilines is 1. The van der Waals surface area contributed by atoms with Gasteiger partial charge in [-0.1, -0.05) is 29.4 Å². The number of hydrogen-bond acceptors (Lipinski definition) is 6.